The molecule has 1 heterocycles. The second-order valence-electron chi connectivity index (χ2n) is 5.82. The van der Waals surface area contributed by atoms with E-state index in [1.54, 1.807) is 0 Å². The number of amides is 1. The first-order valence-corrected chi connectivity index (χ1v) is 7.60. The van der Waals surface area contributed by atoms with Gasteiger partial charge in [-0.25, -0.2) is 13.2 Å². The van der Waals surface area contributed by atoms with Crippen LogP contribution >= 0.6 is 0 Å². The van der Waals surface area contributed by atoms with Gasteiger partial charge in [0.1, 0.15) is 5.82 Å². The van der Waals surface area contributed by atoms with E-state index in [4.69, 9.17) is 5.73 Å². The summed E-state index contributed by atoms with van der Waals surface area (Å²) < 4.78 is 39.6. The highest BCUT2D eigenvalue weighted by Crippen LogP contribution is 2.22. The molecule has 1 aromatic carbocycles. The molecule has 1 aliphatic heterocycles. The van der Waals surface area contributed by atoms with Gasteiger partial charge in [0.2, 0.25) is 5.91 Å². The third-order valence-corrected chi connectivity index (χ3v) is 4.18. The molecule has 0 spiro atoms. The number of halogens is 3. The molecule has 1 fully saturated rings. The summed E-state index contributed by atoms with van der Waals surface area (Å²) in [6.07, 6.45) is 2.96. The maximum Gasteiger partial charge on any atom is 0.224 e. The van der Waals surface area contributed by atoms with Crippen LogP contribution in [0.1, 0.15) is 38.2 Å². The number of hydrogen-bond donors (Lipinski definition) is 1. The third-order valence-electron chi connectivity index (χ3n) is 4.18. The van der Waals surface area contributed by atoms with Gasteiger partial charge in [0.15, 0.2) is 11.6 Å². The Hall–Kier alpha value is -1.56. The maximum absolute atomic E-state index is 13.6. The predicted octanol–water partition coefficient (Wildman–Crippen LogP) is 2.76. The van der Waals surface area contributed by atoms with Crippen LogP contribution in [0.25, 0.3) is 0 Å². The van der Waals surface area contributed by atoms with Crippen LogP contribution in [-0.4, -0.2) is 29.4 Å². The van der Waals surface area contributed by atoms with E-state index in [-0.39, 0.29) is 30.4 Å². The highest BCUT2D eigenvalue weighted by molar-refractivity contribution is 5.77. The molecule has 2 rings (SSSR count). The molecule has 0 aliphatic carbocycles. The average Bonchev–Trinajstić information content (AvgIpc) is 2.93. The van der Waals surface area contributed by atoms with Gasteiger partial charge in [-0.15, -0.1) is 0 Å². The molecule has 22 heavy (non-hydrogen) atoms. The fraction of sp³-hybridized carbons (Fsp3) is 0.562. The van der Waals surface area contributed by atoms with Crippen molar-refractivity contribution < 1.29 is 18.0 Å². The Morgan fingerprint density at radius 1 is 1.32 bits per heavy atom. The van der Waals surface area contributed by atoms with E-state index in [1.807, 2.05) is 11.8 Å². The van der Waals surface area contributed by atoms with Crippen LogP contribution in [-0.2, 0) is 11.2 Å². The first-order valence-electron chi connectivity index (χ1n) is 7.60. The van der Waals surface area contributed by atoms with Crippen LogP contribution in [0.4, 0.5) is 13.2 Å². The lowest BCUT2D eigenvalue weighted by molar-refractivity contribution is -0.132. The first-order chi connectivity index (χ1) is 10.4. The molecule has 6 heteroatoms. The molecule has 0 saturated carbocycles. The quantitative estimate of drug-likeness (QED) is 0.850. The highest BCUT2D eigenvalue weighted by Gasteiger charge is 2.28. The topological polar surface area (TPSA) is 46.3 Å². The van der Waals surface area contributed by atoms with Gasteiger partial charge in [0.05, 0.1) is 0 Å². The molecule has 1 aliphatic rings. The fourth-order valence-corrected chi connectivity index (χ4v) is 3.00. The lowest BCUT2D eigenvalue weighted by Crippen LogP contribution is -2.39. The van der Waals surface area contributed by atoms with Crippen molar-refractivity contribution in [2.75, 3.05) is 6.54 Å². The second-order valence-corrected chi connectivity index (χ2v) is 5.82. The van der Waals surface area contributed by atoms with Gasteiger partial charge in [0.25, 0.3) is 0 Å². The normalized spacial score (nSPS) is 19.5. The summed E-state index contributed by atoms with van der Waals surface area (Å²) in [7, 11) is 0. The maximum atomic E-state index is 13.6. The van der Waals surface area contributed by atoms with E-state index in [2.05, 4.69) is 0 Å². The summed E-state index contributed by atoms with van der Waals surface area (Å²) in [4.78, 5) is 14.1. The molecule has 0 radical (unpaired) electrons. The van der Waals surface area contributed by atoms with Crippen molar-refractivity contribution in [2.45, 2.75) is 51.1 Å². The van der Waals surface area contributed by atoms with Crippen LogP contribution in [0.5, 0.6) is 0 Å². The number of likely N-dealkylation sites (tertiary alicyclic amines) is 1. The molecule has 0 bridgehead atoms. The van der Waals surface area contributed by atoms with E-state index in [0.717, 1.165) is 31.9 Å². The van der Waals surface area contributed by atoms with Gasteiger partial charge in [0, 0.05) is 31.1 Å². The SMILES string of the molecule is CC[C@@H]1CCCN1C(=O)CC(N)Cc1cc(F)c(F)cc1F. The minimum atomic E-state index is -1.23. The summed E-state index contributed by atoms with van der Waals surface area (Å²) in [6.45, 7) is 2.76. The zero-order valence-corrected chi connectivity index (χ0v) is 12.6. The van der Waals surface area contributed by atoms with Gasteiger partial charge in [-0.2, -0.15) is 0 Å². The van der Waals surface area contributed by atoms with Crippen LogP contribution in [0.2, 0.25) is 0 Å². The predicted molar refractivity (Wildman–Crippen MR) is 77.6 cm³/mol. The molecule has 3 nitrogen and oxygen atoms in total. The number of hydrogen-bond acceptors (Lipinski definition) is 2. The summed E-state index contributed by atoms with van der Waals surface area (Å²) in [5.74, 6) is -3.23. The molecule has 1 unspecified atom stereocenters. The molecule has 122 valence electrons. The molecule has 0 aromatic heterocycles. The van der Waals surface area contributed by atoms with Gasteiger partial charge in [-0.3, -0.25) is 4.79 Å². The van der Waals surface area contributed by atoms with Gasteiger partial charge >= 0.3 is 0 Å². The van der Waals surface area contributed by atoms with Crippen molar-refractivity contribution in [3.8, 4) is 0 Å². The summed E-state index contributed by atoms with van der Waals surface area (Å²) in [5, 5.41) is 0. The zero-order chi connectivity index (χ0) is 16.3. The molecule has 1 aromatic rings. The Morgan fingerprint density at radius 3 is 2.68 bits per heavy atom. The van der Waals surface area contributed by atoms with E-state index in [9.17, 15) is 18.0 Å². The largest absolute Gasteiger partial charge is 0.340 e. The van der Waals surface area contributed by atoms with E-state index in [1.165, 1.54) is 0 Å². The summed E-state index contributed by atoms with van der Waals surface area (Å²) in [5.41, 5.74) is 5.88. The molecular weight excluding hydrogens is 293 g/mol. The average molecular weight is 314 g/mol. The number of nitrogens with two attached hydrogens (primary N) is 1. The monoisotopic (exact) mass is 314 g/mol. The van der Waals surface area contributed by atoms with Crippen molar-refractivity contribution in [1.82, 2.24) is 4.90 Å². The van der Waals surface area contributed by atoms with E-state index >= 15 is 0 Å². The Balaban J connectivity index is 1.97. The molecule has 1 amide bonds. The van der Waals surface area contributed by atoms with Crippen LogP contribution < -0.4 is 5.73 Å². The van der Waals surface area contributed by atoms with Crippen molar-refractivity contribution in [2.24, 2.45) is 5.73 Å². The van der Waals surface area contributed by atoms with Crippen molar-refractivity contribution >= 4 is 5.91 Å². The van der Waals surface area contributed by atoms with Crippen molar-refractivity contribution in [3.05, 3.63) is 35.1 Å². The Bertz CT molecular complexity index is 550. The first kappa shape index (κ1) is 16.8. The highest BCUT2D eigenvalue weighted by atomic mass is 19.2. The smallest absolute Gasteiger partial charge is 0.224 e. The molecular formula is C16H21F3N2O. The number of nitrogens with zero attached hydrogens (tertiary/aromatic N) is 1. The number of benzene rings is 1. The Morgan fingerprint density at radius 2 is 2.00 bits per heavy atom. The molecule has 2 N–H and O–H groups in total. The summed E-state index contributed by atoms with van der Waals surface area (Å²) >= 11 is 0. The van der Waals surface area contributed by atoms with Crippen LogP contribution in [0, 0.1) is 17.5 Å². The van der Waals surface area contributed by atoms with Crippen molar-refractivity contribution in [1.29, 1.82) is 0 Å². The third kappa shape index (κ3) is 3.80. The van der Waals surface area contributed by atoms with Gasteiger partial charge in [-0.05, 0) is 37.3 Å². The van der Waals surface area contributed by atoms with Gasteiger partial charge in [-0.1, -0.05) is 6.92 Å². The second kappa shape index (κ2) is 7.13. The lowest BCUT2D eigenvalue weighted by Gasteiger charge is -2.25. The fourth-order valence-electron chi connectivity index (χ4n) is 3.00. The minimum absolute atomic E-state index is 0.000590. The molecule has 2 atom stereocenters. The zero-order valence-electron chi connectivity index (χ0n) is 12.6. The van der Waals surface area contributed by atoms with Crippen LogP contribution in [0.15, 0.2) is 12.1 Å². The summed E-state index contributed by atoms with van der Waals surface area (Å²) in [6, 6.07) is 0.941. The minimum Gasteiger partial charge on any atom is -0.340 e. The standard InChI is InChI=1S/C16H21F3N2O/c1-2-12-4-3-5-21(12)16(22)8-11(20)6-10-7-14(18)15(19)9-13(10)17/h7,9,11-12H,2-6,8,20H2,1H3/t11?,12-/m1/s1. The number of carbonyl (C=O) groups is 1. The lowest BCUT2D eigenvalue weighted by atomic mass is 10.0. The number of carbonyl (C=O) groups excluding carboxylic acids is 1. The van der Waals surface area contributed by atoms with E-state index in [0.29, 0.717) is 6.07 Å². The Labute approximate surface area is 128 Å². The van der Waals surface area contributed by atoms with Crippen molar-refractivity contribution in [3.63, 3.8) is 0 Å². The van der Waals surface area contributed by atoms with Gasteiger partial charge < -0.3 is 10.6 Å². The molecule has 1 saturated heterocycles. The van der Waals surface area contributed by atoms with Crippen LogP contribution in [0.3, 0.4) is 0 Å². The van der Waals surface area contributed by atoms with E-state index < -0.39 is 23.5 Å². The Kier molecular flexibility index (Phi) is 5.45. The number of rotatable bonds is 5.